The Balaban J connectivity index is 2.46. The van der Waals surface area contributed by atoms with Crippen LogP contribution in [0.4, 0.5) is 0 Å². The molecular weight excluding hydrogens is 202 g/mol. The zero-order valence-corrected chi connectivity index (χ0v) is 10.1. The minimum atomic E-state index is 0.197. The summed E-state index contributed by atoms with van der Waals surface area (Å²) in [4.78, 5) is 0. The van der Waals surface area contributed by atoms with E-state index in [9.17, 15) is 0 Å². The molecule has 0 heterocycles. The van der Waals surface area contributed by atoms with Gasteiger partial charge in [-0.05, 0) is 44.0 Å². The Kier molecular flexibility index (Phi) is 5.90. The summed E-state index contributed by atoms with van der Waals surface area (Å²) in [5.41, 5.74) is 2.48. The molecule has 16 heavy (non-hydrogen) atoms. The highest BCUT2D eigenvalue weighted by Crippen LogP contribution is 2.19. The van der Waals surface area contributed by atoms with E-state index in [4.69, 9.17) is 9.84 Å². The van der Waals surface area contributed by atoms with E-state index in [1.165, 1.54) is 11.1 Å². The van der Waals surface area contributed by atoms with Crippen molar-refractivity contribution in [3.63, 3.8) is 0 Å². The average Bonchev–Trinajstić information content (AvgIpc) is 2.28. The quantitative estimate of drug-likeness (QED) is 0.689. The second kappa shape index (κ2) is 7.25. The van der Waals surface area contributed by atoms with Crippen LogP contribution in [0.3, 0.4) is 0 Å². The normalized spacial score (nSPS) is 10.4. The van der Waals surface area contributed by atoms with Gasteiger partial charge in [0.1, 0.15) is 5.75 Å². The maximum Gasteiger partial charge on any atom is 0.122 e. The summed E-state index contributed by atoms with van der Waals surface area (Å²) in [6.07, 6.45) is 0.979. The molecule has 0 unspecified atom stereocenters. The van der Waals surface area contributed by atoms with E-state index in [0.717, 1.165) is 18.7 Å². The fraction of sp³-hybridized carbons (Fsp3) is 0.538. The van der Waals surface area contributed by atoms with Crippen LogP contribution in [0.25, 0.3) is 0 Å². The summed E-state index contributed by atoms with van der Waals surface area (Å²) in [5.74, 6) is 0.967. The summed E-state index contributed by atoms with van der Waals surface area (Å²) >= 11 is 0. The third-order valence-corrected chi connectivity index (χ3v) is 2.42. The third kappa shape index (κ3) is 4.21. The summed E-state index contributed by atoms with van der Waals surface area (Å²) in [5, 5.41) is 11.8. The minimum absolute atomic E-state index is 0.197. The van der Waals surface area contributed by atoms with Crippen molar-refractivity contribution in [1.29, 1.82) is 0 Å². The lowest BCUT2D eigenvalue weighted by Gasteiger charge is -2.09. The van der Waals surface area contributed by atoms with Crippen molar-refractivity contribution in [2.75, 3.05) is 26.3 Å². The van der Waals surface area contributed by atoms with Gasteiger partial charge in [-0.25, -0.2) is 0 Å². The Hall–Kier alpha value is -1.06. The summed E-state index contributed by atoms with van der Waals surface area (Å²) in [6.45, 7) is 6.52. The monoisotopic (exact) mass is 223 g/mol. The molecule has 0 spiro atoms. The molecule has 3 nitrogen and oxygen atoms in total. The van der Waals surface area contributed by atoms with Crippen molar-refractivity contribution in [2.24, 2.45) is 0 Å². The van der Waals surface area contributed by atoms with Gasteiger partial charge in [0.15, 0.2) is 0 Å². The lowest BCUT2D eigenvalue weighted by molar-refractivity contribution is 0.293. The van der Waals surface area contributed by atoms with Gasteiger partial charge in [-0.1, -0.05) is 12.1 Å². The molecule has 1 rings (SSSR count). The molecule has 0 bridgehead atoms. The highest BCUT2D eigenvalue weighted by Gasteiger charge is 2.00. The fourth-order valence-electron chi connectivity index (χ4n) is 1.62. The molecule has 0 saturated heterocycles. The molecule has 0 fully saturated rings. The molecule has 0 saturated carbocycles. The Morgan fingerprint density at radius 2 is 2.12 bits per heavy atom. The van der Waals surface area contributed by atoms with E-state index in [-0.39, 0.29) is 6.61 Å². The topological polar surface area (TPSA) is 41.5 Å². The number of rotatable bonds is 7. The van der Waals surface area contributed by atoms with E-state index in [0.29, 0.717) is 13.2 Å². The van der Waals surface area contributed by atoms with Crippen LogP contribution in [0.5, 0.6) is 5.75 Å². The number of aryl methyl sites for hydroxylation is 1. The number of nitrogens with one attached hydrogen (secondary N) is 1. The maximum absolute atomic E-state index is 8.62. The number of benzene rings is 1. The first kappa shape index (κ1) is 13.0. The van der Waals surface area contributed by atoms with Crippen LogP contribution in [0.15, 0.2) is 18.2 Å². The molecule has 0 aliphatic carbocycles. The second-order valence-corrected chi connectivity index (χ2v) is 3.76. The van der Waals surface area contributed by atoms with Crippen molar-refractivity contribution < 1.29 is 9.84 Å². The average molecular weight is 223 g/mol. The lowest BCUT2D eigenvalue weighted by atomic mass is 10.1. The van der Waals surface area contributed by atoms with Crippen LogP contribution in [0.2, 0.25) is 0 Å². The number of ether oxygens (including phenoxy) is 1. The van der Waals surface area contributed by atoms with Gasteiger partial charge in [0.05, 0.1) is 13.2 Å². The molecule has 0 amide bonds. The van der Waals surface area contributed by atoms with E-state index in [1.54, 1.807) is 0 Å². The van der Waals surface area contributed by atoms with E-state index < -0.39 is 0 Å². The zero-order chi connectivity index (χ0) is 11.8. The highest BCUT2D eigenvalue weighted by atomic mass is 16.5. The van der Waals surface area contributed by atoms with Gasteiger partial charge in [0.25, 0.3) is 0 Å². The van der Waals surface area contributed by atoms with E-state index >= 15 is 0 Å². The highest BCUT2D eigenvalue weighted by molar-refractivity contribution is 5.36. The largest absolute Gasteiger partial charge is 0.494 e. The van der Waals surface area contributed by atoms with Gasteiger partial charge in [-0.15, -0.1) is 0 Å². The first-order valence-corrected chi connectivity index (χ1v) is 5.81. The predicted octanol–water partition coefficient (Wildman–Crippen LogP) is 1.52. The van der Waals surface area contributed by atoms with Crippen molar-refractivity contribution in [3.8, 4) is 5.75 Å². The Morgan fingerprint density at radius 1 is 1.31 bits per heavy atom. The van der Waals surface area contributed by atoms with Crippen LogP contribution in [0, 0.1) is 6.92 Å². The number of hydrogen-bond donors (Lipinski definition) is 2. The zero-order valence-electron chi connectivity index (χ0n) is 10.1. The summed E-state index contributed by atoms with van der Waals surface area (Å²) in [7, 11) is 0. The lowest BCUT2D eigenvalue weighted by Crippen LogP contribution is -2.20. The van der Waals surface area contributed by atoms with Crippen molar-refractivity contribution in [3.05, 3.63) is 29.3 Å². The number of aliphatic hydroxyl groups excluding tert-OH is 1. The first-order chi connectivity index (χ1) is 7.77. The molecule has 2 N–H and O–H groups in total. The second-order valence-electron chi connectivity index (χ2n) is 3.76. The first-order valence-electron chi connectivity index (χ1n) is 5.81. The Morgan fingerprint density at radius 3 is 2.75 bits per heavy atom. The smallest absolute Gasteiger partial charge is 0.122 e. The molecule has 3 heteroatoms. The molecule has 0 radical (unpaired) electrons. The molecule has 0 atom stereocenters. The van der Waals surface area contributed by atoms with Gasteiger partial charge < -0.3 is 15.2 Å². The standard InChI is InChI=1S/C13H21NO2/c1-3-16-13-5-4-12(10-11(13)2)6-7-14-8-9-15/h4-5,10,14-15H,3,6-9H2,1-2H3. The van der Waals surface area contributed by atoms with Crippen LogP contribution >= 0.6 is 0 Å². The predicted molar refractivity (Wildman–Crippen MR) is 66.0 cm³/mol. The maximum atomic E-state index is 8.62. The van der Waals surface area contributed by atoms with E-state index in [2.05, 4.69) is 24.4 Å². The molecule has 1 aromatic carbocycles. The molecule has 0 aliphatic rings. The minimum Gasteiger partial charge on any atom is -0.494 e. The van der Waals surface area contributed by atoms with Crippen LogP contribution in [-0.2, 0) is 6.42 Å². The van der Waals surface area contributed by atoms with Gasteiger partial charge in [0.2, 0.25) is 0 Å². The Labute approximate surface area is 97.4 Å². The molecule has 90 valence electrons. The van der Waals surface area contributed by atoms with Crippen molar-refractivity contribution in [2.45, 2.75) is 20.3 Å². The van der Waals surface area contributed by atoms with Crippen LogP contribution in [-0.4, -0.2) is 31.4 Å². The van der Waals surface area contributed by atoms with Crippen LogP contribution in [0.1, 0.15) is 18.1 Å². The van der Waals surface area contributed by atoms with Crippen LogP contribution < -0.4 is 10.1 Å². The number of aliphatic hydroxyl groups is 1. The summed E-state index contributed by atoms with van der Waals surface area (Å²) in [6, 6.07) is 6.28. The van der Waals surface area contributed by atoms with E-state index in [1.807, 2.05) is 13.0 Å². The molecular formula is C13H21NO2. The van der Waals surface area contributed by atoms with Crippen molar-refractivity contribution >= 4 is 0 Å². The van der Waals surface area contributed by atoms with Gasteiger partial charge in [-0.2, -0.15) is 0 Å². The third-order valence-electron chi connectivity index (χ3n) is 2.42. The summed E-state index contributed by atoms with van der Waals surface area (Å²) < 4.78 is 5.49. The van der Waals surface area contributed by atoms with Gasteiger partial charge in [-0.3, -0.25) is 0 Å². The van der Waals surface area contributed by atoms with Gasteiger partial charge in [0, 0.05) is 6.54 Å². The van der Waals surface area contributed by atoms with Gasteiger partial charge >= 0.3 is 0 Å². The molecule has 1 aromatic rings. The fourth-order valence-corrected chi connectivity index (χ4v) is 1.62. The van der Waals surface area contributed by atoms with Crippen molar-refractivity contribution in [1.82, 2.24) is 5.32 Å². The Bertz CT molecular complexity index is 313. The number of hydrogen-bond acceptors (Lipinski definition) is 3. The molecule has 0 aromatic heterocycles. The SMILES string of the molecule is CCOc1ccc(CCNCCO)cc1C. The molecule has 0 aliphatic heterocycles.